The zero-order chi connectivity index (χ0) is 55.1. The second-order valence-corrected chi connectivity index (χ2v) is 24.6. The van der Waals surface area contributed by atoms with E-state index in [9.17, 15) is 25.2 Å². The van der Waals surface area contributed by atoms with Gasteiger partial charge in [-0.1, -0.05) is 373 Å². The first-order chi connectivity index (χ1) is 37.5. The smallest absolute Gasteiger partial charge is 0.249 e. The van der Waals surface area contributed by atoms with Crippen LogP contribution in [-0.2, 0) is 4.79 Å². The highest BCUT2D eigenvalue weighted by Crippen LogP contribution is 2.20. The van der Waals surface area contributed by atoms with Gasteiger partial charge in [-0.15, -0.1) is 0 Å². The van der Waals surface area contributed by atoms with E-state index in [0.29, 0.717) is 12.8 Å². The molecule has 4 unspecified atom stereocenters. The van der Waals surface area contributed by atoms with Gasteiger partial charge in [0.1, 0.15) is 12.2 Å². The zero-order valence-electron chi connectivity index (χ0n) is 51.8. The Morgan fingerprint density at radius 1 is 0.316 bits per heavy atom. The number of nitrogens with one attached hydrogen (secondary N) is 1. The van der Waals surface area contributed by atoms with Crippen LogP contribution < -0.4 is 5.32 Å². The average molecular weight is 1070 g/mol. The van der Waals surface area contributed by atoms with Crippen molar-refractivity contribution in [1.82, 2.24) is 5.32 Å². The van der Waals surface area contributed by atoms with Gasteiger partial charge in [0, 0.05) is 0 Å². The summed E-state index contributed by atoms with van der Waals surface area (Å²) in [6.07, 6.45) is 80.5. The van der Waals surface area contributed by atoms with Gasteiger partial charge in [-0.05, 0) is 38.5 Å². The Hall–Kier alpha value is -0.950. The molecule has 0 fully saturated rings. The van der Waals surface area contributed by atoms with Crippen molar-refractivity contribution < 1.29 is 25.2 Å². The Morgan fingerprint density at radius 3 is 0.763 bits per heavy atom. The van der Waals surface area contributed by atoms with Crippen LogP contribution in [0.15, 0.2) is 12.2 Å². The number of hydrogen-bond acceptors (Lipinski definition) is 5. The molecule has 76 heavy (non-hydrogen) atoms. The molecule has 4 atom stereocenters. The topological polar surface area (TPSA) is 110 Å². The molecule has 454 valence electrons. The first kappa shape index (κ1) is 75.0. The molecule has 0 bridgehead atoms. The summed E-state index contributed by atoms with van der Waals surface area (Å²) in [5, 5.41) is 44.3. The molecule has 0 spiro atoms. The Kier molecular flexibility index (Phi) is 64.1. The van der Waals surface area contributed by atoms with Crippen molar-refractivity contribution in [2.75, 3.05) is 6.61 Å². The monoisotopic (exact) mass is 1070 g/mol. The molecule has 0 rings (SSSR count). The van der Waals surface area contributed by atoms with Crippen LogP contribution in [0.1, 0.15) is 399 Å². The Labute approximate surface area is 476 Å². The fraction of sp³-hybridized carbons (Fsp3) is 0.957. The third-order valence-electron chi connectivity index (χ3n) is 17.0. The summed E-state index contributed by atoms with van der Waals surface area (Å²) in [7, 11) is 0. The predicted molar refractivity (Wildman–Crippen MR) is 335 cm³/mol. The lowest BCUT2D eigenvalue weighted by atomic mass is 9.99. The molecule has 0 saturated heterocycles. The molecule has 5 N–H and O–H groups in total. The fourth-order valence-electron chi connectivity index (χ4n) is 11.5. The van der Waals surface area contributed by atoms with E-state index in [1.807, 2.05) is 0 Å². The van der Waals surface area contributed by atoms with E-state index in [1.54, 1.807) is 0 Å². The molecule has 6 nitrogen and oxygen atoms in total. The summed E-state index contributed by atoms with van der Waals surface area (Å²) in [5.41, 5.74) is 0. The van der Waals surface area contributed by atoms with Gasteiger partial charge in [0.2, 0.25) is 5.91 Å². The Bertz CT molecular complexity index is 1120. The Morgan fingerprint density at radius 2 is 0.526 bits per heavy atom. The minimum absolute atomic E-state index is 0.373. The maximum Gasteiger partial charge on any atom is 0.249 e. The number of carbonyl (C=O) groups is 1. The number of allylic oxidation sites excluding steroid dienone is 2. The second kappa shape index (κ2) is 64.9. The van der Waals surface area contributed by atoms with Crippen LogP contribution in [0.3, 0.4) is 0 Å². The third-order valence-corrected chi connectivity index (χ3v) is 17.0. The lowest BCUT2D eigenvalue weighted by molar-refractivity contribution is -0.132. The summed E-state index contributed by atoms with van der Waals surface area (Å²) in [6, 6.07) is -0.985. The van der Waals surface area contributed by atoms with Gasteiger partial charge in [-0.2, -0.15) is 0 Å². The maximum absolute atomic E-state index is 12.7. The van der Waals surface area contributed by atoms with Crippen LogP contribution in [0, 0.1) is 0 Å². The van der Waals surface area contributed by atoms with E-state index in [0.717, 1.165) is 38.5 Å². The van der Waals surface area contributed by atoms with Crippen molar-refractivity contribution >= 4 is 5.91 Å². The molecule has 0 aromatic rings. The number of carbonyl (C=O) groups excluding carboxylic acids is 1. The van der Waals surface area contributed by atoms with Gasteiger partial charge in [-0.25, -0.2) is 0 Å². The molecule has 1 amide bonds. The van der Waals surface area contributed by atoms with E-state index < -0.39 is 36.9 Å². The van der Waals surface area contributed by atoms with E-state index in [-0.39, 0.29) is 0 Å². The highest BCUT2D eigenvalue weighted by Gasteiger charge is 2.28. The van der Waals surface area contributed by atoms with Crippen LogP contribution in [-0.4, -0.2) is 57.3 Å². The van der Waals surface area contributed by atoms with Crippen LogP contribution >= 0.6 is 0 Å². The number of aliphatic hydroxyl groups is 4. The lowest BCUT2D eigenvalue weighted by Crippen LogP contribution is -2.53. The zero-order valence-corrected chi connectivity index (χ0v) is 51.8. The minimum atomic E-state index is -1.26. The first-order valence-electron chi connectivity index (χ1n) is 35.1. The van der Waals surface area contributed by atoms with Gasteiger partial charge in [0.15, 0.2) is 0 Å². The highest BCUT2D eigenvalue weighted by molar-refractivity contribution is 5.80. The summed E-state index contributed by atoms with van der Waals surface area (Å²) < 4.78 is 0. The van der Waals surface area contributed by atoms with E-state index in [1.165, 1.54) is 334 Å². The quantitative estimate of drug-likeness (QED) is 0.0308. The molecule has 0 aromatic carbocycles. The normalized spacial score (nSPS) is 13.5. The average Bonchev–Trinajstić information content (AvgIpc) is 3.42. The first-order valence-corrected chi connectivity index (χ1v) is 35.1. The maximum atomic E-state index is 12.7. The largest absolute Gasteiger partial charge is 0.394 e. The number of amides is 1. The summed E-state index contributed by atoms with van der Waals surface area (Å²) in [4.78, 5) is 12.7. The van der Waals surface area contributed by atoms with Gasteiger partial charge in [-0.3, -0.25) is 4.79 Å². The molecule has 6 heteroatoms. The highest BCUT2D eigenvalue weighted by atomic mass is 16.3. The molecular weight excluding hydrogens is 935 g/mol. The number of hydrogen-bond donors (Lipinski definition) is 5. The molecule has 0 aliphatic heterocycles. The van der Waals surface area contributed by atoms with Crippen LogP contribution in [0.5, 0.6) is 0 Å². The van der Waals surface area contributed by atoms with E-state index in [2.05, 4.69) is 31.3 Å². The van der Waals surface area contributed by atoms with Gasteiger partial charge >= 0.3 is 0 Å². The number of rotatable bonds is 66. The van der Waals surface area contributed by atoms with Crippen molar-refractivity contribution in [1.29, 1.82) is 0 Å². The molecule has 0 radical (unpaired) electrons. The molecule has 0 saturated carbocycles. The van der Waals surface area contributed by atoms with Crippen LogP contribution in [0.4, 0.5) is 0 Å². The molecule has 0 heterocycles. The summed E-state index contributed by atoms with van der Waals surface area (Å²) >= 11 is 0. The molecule has 0 aliphatic rings. The van der Waals surface area contributed by atoms with Crippen molar-refractivity contribution in [3.8, 4) is 0 Å². The Balaban J connectivity index is 3.52. The predicted octanol–water partition coefficient (Wildman–Crippen LogP) is 21.5. The summed E-state index contributed by atoms with van der Waals surface area (Å²) in [6.45, 7) is 4.12. The van der Waals surface area contributed by atoms with Gasteiger partial charge in [0.25, 0.3) is 0 Å². The van der Waals surface area contributed by atoms with E-state index in [4.69, 9.17) is 0 Å². The SMILES string of the molecule is CCCCCCCCCCCCCC/C=C\CCCCCCCCCCCCCCC(O)C(=O)NC(CO)C(O)C(O)CCCCCCCCCCCCCCCCCCCCCCCCCCCCCCCCCC. The van der Waals surface area contributed by atoms with Gasteiger partial charge in [0.05, 0.1) is 18.8 Å². The van der Waals surface area contributed by atoms with Crippen molar-refractivity contribution in [2.24, 2.45) is 0 Å². The molecule has 0 aromatic heterocycles. The number of unbranched alkanes of at least 4 members (excludes halogenated alkanes) is 55. The fourth-order valence-corrected chi connectivity index (χ4v) is 11.5. The van der Waals surface area contributed by atoms with Gasteiger partial charge < -0.3 is 25.7 Å². The molecule has 0 aliphatic carbocycles. The lowest BCUT2D eigenvalue weighted by Gasteiger charge is -2.27. The van der Waals surface area contributed by atoms with Crippen LogP contribution in [0.25, 0.3) is 0 Å². The summed E-state index contributed by atoms with van der Waals surface area (Å²) in [5.74, 6) is -0.576. The second-order valence-electron chi connectivity index (χ2n) is 24.6. The standard InChI is InChI=1S/C70H139NO5/c1-3-5-7-9-11-13-15-17-19-21-23-25-27-29-31-33-34-35-36-38-39-41-43-45-47-49-51-53-55-57-59-61-63-67(73)69(75)66(65-72)71-70(76)68(74)64-62-60-58-56-54-52-50-48-46-44-42-40-37-32-30-28-26-24-22-20-18-16-14-12-10-8-6-4-2/h30,32,66-69,72-75H,3-29,31,33-65H2,1-2H3,(H,71,76)/b32-30-. The number of aliphatic hydroxyl groups excluding tert-OH is 4. The van der Waals surface area contributed by atoms with Crippen molar-refractivity contribution in [2.45, 2.75) is 423 Å². The van der Waals surface area contributed by atoms with Crippen LogP contribution in [0.2, 0.25) is 0 Å². The van der Waals surface area contributed by atoms with Crippen molar-refractivity contribution in [3.63, 3.8) is 0 Å². The third kappa shape index (κ3) is 57.7. The molecular formula is C70H139NO5. The van der Waals surface area contributed by atoms with E-state index >= 15 is 0 Å². The van der Waals surface area contributed by atoms with Crippen molar-refractivity contribution in [3.05, 3.63) is 12.2 Å². The minimum Gasteiger partial charge on any atom is -0.394 e.